The number of rotatable bonds is 9. The summed E-state index contributed by atoms with van der Waals surface area (Å²) in [6.45, 7) is 2.46. The monoisotopic (exact) mass is 418 g/mol. The molecule has 0 saturated heterocycles. The highest BCUT2D eigenvalue weighted by Gasteiger charge is 2.18. The maximum Gasteiger partial charge on any atom is 0.223 e. The third-order valence-corrected chi connectivity index (χ3v) is 4.70. The van der Waals surface area contributed by atoms with Gasteiger partial charge in [0, 0.05) is 38.0 Å². The zero-order valence-electron chi connectivity index (χ0n) is 16.3. The van der Waals surface area contributed by atoms with Crippen LogP contribution >= 0.6 is 12.4 Å². The Morgan fingerprint density at radius 1 is 0.931 bits per heavy atom. The minimum Gasteiger partial charge on any atom is -0.486 e. The van der Waals surface area contributed by atoms with Crippen molar-refractivity contribution in [2.45, 2.75) is 19.3 Å². The number of nitrogens with zero attached hydrogens (tertiary/aromatic N) is 1. The van der Waals surface area contributed by atoms with E-state index in [4.69, 9.17) is 15.2 Å². The number of hydrogen-bond donors (Lipinski definition) is 1. The number of amides is 1. The van der Waals surface area contributed by atoms with E-state index < -0.39 is 0 Å². The number of carbonyl (C=O) groups is 2. The van der Waals surface area contributed by atoms with Crippen molar-refractivity contribution in [1.82, 2.24) is 4.90 Å². The van der Waals surface area contributed by atoms with Crippen molar-refractivity contribution < 1.29 is 19.1 Å². The van der Waals surface area contributed by atoms with Crippen LogP contribution in [0, 0.1) is 0 Å². The molecule has 1 amide bonds. The Labute approximate surface area is 177 Å². The van der Waals surface area contributed by atoms with E-state index in [0.717, 1.165) is 6.42 Å². The summed E-state index contributed by atoms with van der Waals surface area (Å²) in [4.78, 5) is 26.8. The first kappa shape index (κ1) is 22.7. The number of benzene rings is 2. The molecule has 156 valence electrons. The second-order valence-corrected chi connectivity index (χ2v) is 6.69. The van der Waals surface area contributed by atoms with E-state index in [-0.39, 0.29) is 36.9 Å². The number of halogens is 1. The molecule has 2 aromatic carbocycles. The second kappa shape index (κ2) is 11.4. The van der Waals surface area contributed by atoms with E-state index in [1.807, 2.05) is 30.3 Å². The molecule has 6 nitrogen and oxygen atoms in total. The van der Waals surface area contributed by atoms with Crippen molar-refractivity contribution in [3.05, 3.63) is 59.7 Å². The van der Waals surface area contributed by atoms with E-state index in [0.29, 0.717) is 49.9 Å². The average molecular weight is 419 g/mol. The molecule has 0 aromatic heterocycles. The molecule has 2 aromatic rings. The van der Waals surface area contributed by atoms with E-state index in [9.17, 15) is 9.59 Å². The highest BCUT2D eigenvalue weighted by Crippen LogP contribution is 2.31. The predicted octanol–water partition coefficient (Wildman–Crippen LogP) is 2.87. The molecule has 0 aliphatic carbocycles. The molecule has 3 rings (SSSR count). The van der Waals surface area contributed by atoms with E-state index in [1.54, 1.807) is 23.1 Å². The van der Waals surface area contributed by atoms with E-state index in [2.05, 4.69) is 0 Å². The smallest absolute Gasteiger partial charge is 0.223 e. The largest absolute Gasteiger partial charge is 0.486 e. The van der Waals surface area contributed by atoms with Crippen LogP contribution < -0.4 is 15.2 Å². The van der Waals surface area contributed by atoms with Crippen molar-refractivity contribution in [1.29, 1.82) is 0 Å². The zero-order valence-corrected chi connectivity index (χ0v) is 17.2. The molecule has 0 unspecified atom stereocenters. The summed E-state index contributed by atoms with van der Waals surface area (Å²) in [6, 6.07) is 15.2. The number of hydrogen-bond acceptors (Lipinski definition) is 5. The van der Waals surface area contributed by atoms with Crippen LogP contribution in [0.15, 0.2) is 48.5 Å². The summed E-state index contributed by atoms with van der Waals surface area (Å²) >= 11 is 0. The molecular formula is C22H27ClN2O4. The van der Waals surface area contributed by atoms with Crippen LogP contribution in [0.2, 0.25) is 0 Å². The fourth-order valence-electron chi connectivity index (χ4n) is 3.17. The van der Waals surface area contributed by atoms with Gasteiger partial charge < -0.3 is 20.1 Å². The van der Waals surface area contributed by atoms with Crippen molar-refractivity contribution >= 4 is 24.1 Å². The molecule has 7 heteroatoms. The third kappa shape index (κ3) is 6.48. The van der Waals surface area contributed by atoms with Gasteiger partial charge in [-0.05, 0) is 30.2 Å². The first-order valence-electron chi connectivity index (χ1n) is 9.62. The third-order valence-electron chi connectivity index (χ3n) is 4.70. The molecule has 0 fully saturated rings. The minimum absolute atomic E-state index is 0. The molecule has 0 saturated carbocycles. The molecule has 0 radical (unpaired) electrons. The molecule has 0 spiro atoms. The van der Waals surface area contributed by atoms with Crippen molar-refractivity contribution in [3.63, 3.8) is 0 Å². The van der Waals surface area contributed by atoms with Gasteiger partial charge in [-0.3, -0.25) is 9.59 Å². The lowest BCUT2D eigenvalue weighted by atomic mass is 10.0. The maximum absolute atomic E-state index is 12.6. The lowest BCUT2D eigenvalue weighted by molar-refractivity contribution is -0.131. The van der Waals surface area contributed by atoms with Gasteiger partial charge in [0.15, 0.2) is 17.3 Å². The number of carbonyl (C=O) groups excluding carboxylic acids is 2. The number of ether oxygens (including phenoxy) is 2. The van der Waals surface area contributed by atoms with Gasteiger partial charge in [0.05, 0.1) is 0 Å². The molecule has 2 N–H and O–H groups in total. The van der Waals surface area contributed by atoms with Gasteiger partial charge in [-0.2, -0.15) is 0 Å². The number of nitrogens with two attached hydrogens (primary N) is 1. The normalized spacial score (nSPS) is 12.0. The summed E-state index contributed by atoms with van der Waals surface area (Å²) in [5.41, 5.74) is 7.37. The Balaban J connectivity index is 0.00000300. The van der Waals surface area contributed by atoms with E-state index >= 15 is 0 Å². The van der Waals surface area contributed by atoms with E-state index in [1.165, 1.54) is 5.56 Å². The fraction of sp³-hybridized carbons (Fsp3) is 0.364. The summed E-state index contributed by atoms with van der Waals surface area (Å²) in [7, 11) is 0. The Morgan fingerprint density at radius 2 is 1.66 bits per heavy atom. The molecule has 1 aliphatic rings. The van der Waals surface area contributed by atoms with Crippen LogP contribution in [0.25, 0.3) is 0 Å². The van der Waals surface area contributed by atoms with Gasteiger partial charge in [0.2, 0.25) is 5.91 Å². The van der Waals surface area contributed by atoms with Crippen molar-refractivity contribution in [3.8, 4) is 11.5 Å². The summed E-state index contributed by atoms with van der Waals surface area (Å²) in [6.07, 6.45) is 1.09. The quantitative estimate of drug-likeness (QED) is 0.633. The average Bonchev–Trinajstić information content (AvgIpc) is 2.75. The Hall–Kier alpha value is -2.57. The topological polar surface area (TPSA) is 81.9 Å². The van der Waals surface area contributed by atoms with Crippen molar-refractivity contribution in [2.75, 3.05) is 32.8 Å². The summed E-state index contributed by atoms with van der Waals surface area (Å²) in [5, 5.41) is 0. The summed E-state index contributed by atoms with van der Waals surface area (Å²) in [5.74, 6) is 1.10. The van der Waals surface area contributed by atoms with Crippen LogP contribution in [-0.4, -0.2) is 49.4 Å². The zero-order chi connectivity index (χ0) is 19.8. The predicted molar refractivity (Wildman–Crippen MR) is 114 cm³/mol. The van der Waals surface area contributed by atoms with Crippen LogP contribution in [0.3, 0.4) is 0 Å². The molecule has 1 heterocycles. The lowest BCUT2D eigenvalue weighted by Crippen LogP contribution is -2.37. The molecule has 1 aliphatic heterocycles. The minimum atomic E-state index is -0.0823. The van der Waals surface area contributed by atoms with Gasteiger partial charge in [-0.1, -0.05) is 30.3 Å². The standard InChI is InChI=1S/C22H26N2O4.ClH/c23-11-13-24(12-10-17-4-2-1-3-5-17)22(26)9-7-19(25)18-6-8-20-21(16-18)28-15-14-27-20;/h1-6,8,16H,7,9-15,23H2;1H. The highest BCUT2D eigenvalue weighted by molar-refractivity contribution is 5.98. The number of Topliss-reactive ketones (excluding diaryl/α,β-unsaturated/α-hetero) is 1. The molecular weight excluding hydrogens is 392 g/mol. The second-order valence-electron chi connectivity index (χ2n) is 6.69. The molecule has 0 atom stereocenters. The van der Waals surface area contributed by atoms with Gasteiger partial charge in [-0.15, -0.1) is 12.4 Å². The Kier molecular flexibility index (Phi) is 8.96. The highest BCUT2D eigenvalue weighted by atomic mass is 35.5. The van der Waals surface area contributed by atoms with Crippen LogP contribution in [0.1, 0.15) is 28.8 Å². The molecule has 29 heavy (non-hydrogen) atoms. The van der Waals surface area contributed by atoms with Crippen LogP contribution in [0.4, 0.5) is 0 Å². The first-order chi connectivity index (χ1) is 13.7. The van der Waals surface area contributed by atoms with Gasteiger partial charge in [0.25, 0.3) is 0 Å². The Morgan fingerprint density at radius 3 is 2.38 bits per heavy atom. The van der Waals surface area contributed by atoms with Crippen LogP contribution in [-0.2, 0) is 11.2 Å². The van der Waals surface area contributed by atoms with Crippen LogP contribution in [0.5, 0.6) is 11.5 Å². The molecule has 0 bridgehead atoms. The maximum atomic E-state index is 12.6. The fourth-order valence-corrected chi connectivity index (χ4v) is 3.17. The van der Waals surface area contributed by atoms with Crippen molar-refractivity contribution in [2.24, 2.45) is 5.73 Å². The van der Waals surface area contributed by atoms with Gasteiger partial charge in [0.1, 0.15) is 13.2 Å². The first-order valence-corrected chi connectivity index (χ1v) is 9.62. The van der Waals surface area contributed by atoms with Gasteiger partial charge >= 0.3 is 0 Å². The Bertz CT molecular complexity index is 814. The SMILES string of the molecule is Cl.NCCN(CCc1ccccc1)C(=O)CCC(=O)c1ccc2c(c1)OCCO2. The lowest BCUT2D eigenvalue weighted by Gasteiger charge is -2.22. The van der Waals surface area contributed by atoms with Gasteiger partial charge in [-0.25, -0.2) is 0 Å². The number of fused-ring (bicyclic) bond motifs is 1. The summed E-state index contributed by atoms with van der Waals surface area (Å²) < 4.78 is 11.0. The number of ketones is 1.